The number of nitrogens with zero attached hydrogens (tertiary/aromatic N) is 3. The molecule has 2 aromatic carbocycles. The van der Waals surface area contributed by atoms with E-state index in [9.17, 15) is 18.4 Å². The highest BCUT2D eigenvalue weighted by Crippen LogP contribution is 2.27. The molecule has 1 aliphatic rings. The molecule has 0 atom stereocenters. The van der Waals surface area contributed by atoms with Crippen molar-refractivity contribution in [2.24, 2.45) is 0 Å². The van der Waals surface area contributed by atoms with E-state index in [-0.39, 0.29) is 17.2 Å². The number of amides is 1. The number of anilines is 1. The summed E-state index contributed by atoms with van der Waals surface area (Å²) < 4.78 is 31.8. The molecule has 1 saturated heterocycles. The van der Waals surface area contributed by atoms with Crippen molar-refractivity contribution in [3.63, 3.8) is 0 Å². The zero-order valence-corrected chi connectivity index (χ0v) is 19.1. The van der Waals surface area contributed by atoms with Crippen LogP contribution >= 0.6 is 0 Å². The van der Waals surface area contributed by atoms with E-state index in [4.69, 9.17) is 4.74 Å². The summed E-state index contributed by atoms with van der Waals surface area (Å²) in [5.41, 5.74) is 1.58. The molecule has 3 aromatic rings. The van der Waals surface area contributed by atoms with Gasteiger partial charge in [0.05, 0.1) is 17.3 Å². The van der Waals surface area contributed by atoms with Gasteiger partial charge in [-0.2, -0.15) is 0 Å². The Morgan fingerprint density at radius 3 is 2.56 bits per heavy atom. The first kappa shape index (κ1) is 23.4. The highest BCUT2D eigenvalue weighted by molar-refractivity contribution is 5.94. The molecule has 178 valence electrons. The molecule has 2 heterocycles. The van der Waals surface area contributed by atoms with E-state index in [2.05, 4.69) is 16.5 Å². The molecular formula is C25H26F2N4O3. The van der Waals surface area contributed by atoms with Crippen LogP contribution in [0.5, 0.6) is 5.75 Å². The molecule has 1 aliphatic heterocycles. The standard InChI is InChI=1S/C25H26F2N4O3/c1-16-14-18(8-9-21(16)34-17(2)15-25(3,26)27)23(33)30-10-12-31(13-11-30)24-28-20-7-5-4-6-19(20)22(32)29-24/h4-9,14H,2,10-13,15H2,1,3H3,(H,28,29,32). The molecule has 0 spiro atoms. The highest BCUT2D eigenvalue weighted by Gasteiger charge is 2.25. The number of piperazine rings is 1. The van der Waals surface area contributed by atoms with Crippen molar-refractivity contribution in [2.45, 2.75) is 26.2 Å². The average molecular weight is 469 g/mol. The Morgan fingerprint density at radius 2 is 1.88 bits per heavy atom. The van der Waals surface area contributed by atoms with Crippen LogP contribution in [0.4, 0.5) is 14.7 Å². The maximum atomic E-state index is 13.2. The fourth-order valence-corrected chi connectivity index (χ4v) is 3.96. The van der Waals surface area contributed by atoms with Crippen LogP contribution in [0.15, 0.2) is 59.6 Å². The Bertz CT molecular complexity index is 1290. The predicted octanol–water partition coefficient (Wildman–Crippen LogP) is 4.13. The largest absolute Gasteiger partial charge is 0.462 e. The number of carbonyl (C=O) groups excluding carboxylic acids is 1. The van der Waals surface area contributed by atoms with E-state index in [1.807, 2.05) is 11.0 Å². The van der Waals surface area contributed by atoms with Gasteiger partial charge in [-0.1, -0.05) is 18.7 Å². The number of alkyl halides is 2. The minimum absolute atomic E-state index is 0.0360. The summed E-state index contributed by atoms with van der Waals surface area (Å²) in [6.45, 7) is 8.10. The van der Waals surface area contributed by atoms with E-state index in [0.717, 1.165) is 6.92 Å². The third-order valence-corrected chi connectivity index (χ3v) is 5.65. The van der Waals surface area contributed by atoms with Crippen LogP contribution in [0, 0.1) is 6.92 Å². The summed E-state index contributed by atoms with van der Waals surface area (Å²) in [7, 11) is 0. The maximum absolute atomic E-state index is 13.2. The van der Waals surface area contributed by atoms with Gasteiger partial charge in [-0.15, -0.1) is 0 Å². The number of fused-ring (bicyclic) bond motifs is 1. The zero-order chi connectivity index (χ0) is 24.5. The fraction of sp³-hybridized carbons (Fsp3) is 0.320. The maximum Gasteiger partial charge on any atom is 0.260 e. The number of nitrogens with one attached hydrogen (secondary N) is 1. The fourth-order valence-electron chi connectivity index (χ4n) is 3.96. The second-order valence-electron chi connectivity index (χ2n) is 8.55. The second-order valence-corrected chi connectivity index (χ2v) is 8.55. The summed E-state index contributed by atoms with van der Waals surface area (Å²) in [6.07, 6.45) is -0.575. The van der Waals surface area contributed by atoms with Gasteiger partial charge in [0.25, 0.3) is 17.4 Å². The lowest BCUT2D eigenvalue weighted by Gasteiger charge is -2.35. The van der Waals surface area contributed by atoms with E-state index in [1.54, 1.807) is 48.2 Å². The molecule has 1 N–H and O–H groups in total. The number of allylic oxidation sites excluding steroid dienone is 1. The van der Waals surface area contributed by atoms with Crippen LogP contribution in [0.25, 0.3) is 10.9 Å². The molecule has 0 unspecified atom stereocenters. The summed E-state index contributed by atoms with van der Waals surface area (Å²) >= 11 is 0. The predicted molar refractivity (Wildman–Crippen MR) is 127 cm³/mol. The summed E-state index contributed by atoms with van der Waals surface area (Å²) in [6, 6.07) is 12.1. The molecule has 4 rings (SSSR count). The van der Waals surface area contributed by atoms with Gasteiger partial charge in [-0.25, -0.2) is 13.8 Å². The van der Waals surface area contributed by atoms with Gasteiger partial charge in [0, 0.05) is 31.7 Å². The SMILES string of the molecule is C=C(CC(C)(F)F)Oc1ccc(C(=O)N2CCN(c3nc4ccccc4c(=O)[nH]3)CC2)cc1C. The molecule has 7 nitrogen and oxygen atoms in total. The number of para-hydroxylation sites is 1. The lowest BCUT2D eigenvalue weighted by molar-refractivity contribution is 0.0145. The number of carbonyl (C=O) groups is 1. The van der Waals surface area contributed by atoms with Crippen molar-refractivity contribution in [1.29, 1.82) is 0 Å². The number of hydrogen-bond acceptors (Lipinski definition) is 5. The van der Waals surface area contributed by atoms with Gasteiger partial charge >= 0.3 is 0 Å². The van der Waals surface area contributed by atoms with Crippen molar-refractivity contribution in [1.82, 2.24) is 14.9 Å². The number of halogens is 2. The Balaban J connectivity index is 1.40. The first-order valence-corrected chi connectivity index (χ1v) is 11.0. The molecule has 34 heavy (non-hydrogen) atoms. The quantitative estimate of drug-likeness (QED) is 0.551. The molecule has 1 aromatic heterocycles. The number of ether oxygens (including phenoxy) is 1. The molecule has 9 heteroatoms. The number of hydrogen-bond donors (Lipinski definition) is 1. The van der Waals surface area contributed by atoms with Crippen molar-refractivity contribution in [3.05, 3.63) is 76.3 Å². The average Bonchev–Trinajstić information content (AvgIpc) is 2.79. The van der Waals surface area contributed by atoms with E-state index < -0.39 is 12.3 Å². The minimum atomic E-state index is -2.90. The van der Waals surface area contributed by atoms with Gasteiger partial charge in [0.2, 0.25) is 5.95 Å². The number of aromatic amines is 1. The van der Waals surface area contributed by atoms with Gasteiger partial charge in [0.1, 0.15) is 11.5 Å². The van der Waals surface area contributed by atoms with Crippen molar-refractivity contribution in [3.8, 4) is 5.75 Å². The number of benzene rings is 2. The summed E-state index contributed by atoms with van der Waals surface area (Å²) in [5.74, 6) is -2.19. The number of aryl methyl sites for hydroxylation is 1. The van der Waals surface area contributed by atoms with Crippen molar-refractivity contribution < 1.29 is 18.3 Å². The molecule has 0 bridgehead atoms. The molecule has 1 amide bonds. The van der Waals surface area contributed by atoms with E-state index in [1.165, 1.54) is 0 Å². The number of rotatable bonds is 6. The van der Waals surface area contributed by atoms with Crippen molar-refractivity contribution in [2.75, 3.05) is 31.1 Å². The smallest absolute Gasteiger partial charge is 0.260 e. The molecule has 1 fully saturated rings. The minimum Gasteiger partial charge on any atom is -0.462 e. The van der Waals surface area contributed by atoms with Gasteiger partial charge in [0.15, 0.2) is 0 Å². The first-order chi connectivity index (χ1) is 16.1. The van der Waals surface area contributed by atoms with Gasteiger partial charge in [-0.05, 0) is 49.7 Å². The Hall–Kier alpha value is -3.75. The molecule has 0 radical (unpaired) electrons. The van der Waals surface area contributed by atoms with Crippen molar-refractivity contribution >= 4 is 22.8 Å². The number of H-pyrrole nitrogens is 1. The highest BCUT2D eigenvalue weighted by atomic mass is 19.3. The van der Waals surface area contributed by atoms with Crippen LogP contribution in [0.2, 0.25) is 0 Å². The van der Waals surface area contributed by atoms with Gasteiger partial charge in [-0.3, -0.25) is 14.6 Å². The molecule has 0 saturated carbocycles. The molecule has 0 aliphatic carbocycles. The van der Waals surface area contributed by atoms with Gasteiger partial charge < -0.3 is 14.5 Å². The normalized spacial score (nSPS) is 14.4. The first-order valence-electron chi connectivity index (χ1n) is 11.0. The summed E-state index contributed by atoms with van der Waals surface area (Å²) in [4.78, 5) is 36.4. The Kier molecular flexibility index (Phi) is 6.37. The van der Waals surface area contributed by atoms with E-state index >= 15 is 0 Å². The monoisotopic (exact) mass is 468 g/mol. The molecular weight excluding hydrogens is 442 g/mol. The second kappa shape index (κ2) is 9.24. The van der Waals surface area contributed by atoms with E-state index in [0.29, 0.717) is 59.9 Å². The lowest BCUT2D eigenvalue weighted by atomic mass is 10.1. The van der Waals surface area contributed by atoms with Crippen LogP contribution < -0.4 is 15.2 Å². The van der Waals surface area contributed by atoms with Crippen LogP contribution in [-0.2, 0) is 0 Å². The Morgan fingerprint density at radius 1 is 1.18 bits per heavy atom. The third-order valence-electron chi connectivity index (χ3n) is 5.65. The lowest BCUT2D eigenvalue weighted by Crippen LogP contribution is -2.49. The summed E-state index contributed by atoms with van der Waals surface area (Å²) in [5, 5.41) is 0.537. The van der Waals surface area contributed by atoms with Crippen LogP contribution in [0.3, 0.4) is 0 Å². The third kappa shape index (κ3) is 5.24. The van der Waals surface area contributed by atoms with Crippen LogP contribution in [-0.4, -0.2) is 52.9 Å². The number of aromatic nitrogens is 2. The topological polar surface area (TPSA) is 78.5 Å². The zero-order valence-electron chi connectivity index (χ0n) is 19.1. The van der Waals surface area contributed by atoms with Crippen LogP contribution in [0.1, 0.15) is 29.3 Å². The Labute approximate surface area is 195 Å².